The lowest BCUT2D eigenvalue weighted by Crippen LogP contribution is -2.06. The molecular formula is C12H13F2N. The van der Waals surface area contributed by atoms with Gasteiger partial charge in [-0.2, -0.15) is 0 Å². The van der Waals surface area contributed by atoms with Crippen molar-refractivity contribution in [2.75, 3.05) is 7.05 Å². The van der Waals surface area contributed by atoms with Crippen molar-refractivity contribution in [2.45, 2.75) is 13.3 Å². The maximum Gasteiger partial charge on any atom is 0.279 e. The molecule has 0 aromatic heterocycles. The SMILES string of the molecule is C/N=C(\C=C\c1ccc(C)cc1)C(F)F. The Morgan fingerprint density at radius 3 is 2.33 bits per heavy atom. The van der Waals surface area contributed by atoms with Gasteiger partial charge in [-0.15, -0.1) is 0 Å². The number of allylic oxidation sites excluding steroid dienone is 1. The van der Waals surface area contributed by atoms with Gasteiger partial charge >= 0.3 is 0 Å². The number of aliphatic imine (C=N–C) groups is 1. The maximum absolute atomic E-state index is 12.3. The first-order valence-electron chi connectivity index (χ1n) is 4.63. The molecule has 1 aromatic carbocycles. The second kappa shape index (κ2) is 5.39. The van der Waals surface area contributed by atoms with Gasteiger partial charge in [0.05, 0.1) is 0 Å². The summed E-state index contributed by atoms with van der Waals surface area (Å²) in [5.41, 5.74) is 1.84. The number of hydrogen-bond acceptors (Lipinski definition) is 1. The number of halogens is 2. The minimum absolute atomic E-state index is 0.199. The summed E-state index contributed by atoms with van der Waals surface area (Å²) >= 11 is 0. The first-order chi connectivity index (χ1) is 7.13. The molecule has 0 atom stereocenters. The van der Waals surface area contributed by atoms with Crippen LogP contribution in [0, 0.1) is 6.92 Å². The van der Waals surface area contributed by atoms with E-state index < -0.39 is 6.43 Å². The van der Waals surface area contributed by atoms with E-state index >= 15 is 0 Å². The van der Waals surface area contributed by atoms with Gasteiger partial charge in [0, 0.05) is 7.05 Å². The Kier molecular flexibility index (Phi) is 4.16. The van der Waals surface area contributed by atoms with Gasteiger partial charge in [-0.05, 0) is 18.6 Å². The Balaban J connectivity index is 2.77. The number of benzene rings is 1. The molecule has 1 rings (SSSR count). The molecule has 1 nitrogen and oxygen atoms in total. The lowest BCUT2D eigenvalue weighted by atomic mass is 10.1. The Morgan fingerprint density at radius 1 is 1.27 bits per heavy atom. The molecule has 0 bridgehead atoms. The Morgan fingerprint density at radius 2 is 1.87 bits per heavy atom. The summed E-state index contributed by atoms with van der Waals surface area (Å²) in [4.78, 5) is 3.50. The number of rotatable bonds is 3. The van der Waals surface area contributed by atoms with E-state index in [2.05, 4.69) is 4.99 Å². The van der Waals surface area contributed by atoms with Gasteiger partial charge in [-0.25, -0.2) is 8.78 Å². The highest BCUT2D eigenvalue weighted by molar-refractivity contribution is 6.00. The van der Waals surface area contributed by atoms with Gasteiger partial charge in [-0.1, -0.05) is 35.9 Å². The fourth-order valence-electron chi connectivity index (χ4n) is 1.10. The molecule has 0 fully saturated rings. The number of nitrogens with zero attached hydrogens (tertiary/aromatic N) is 1. The van der Waals surface area contributed by atoms with Gasteiger partial charge in [0.1, 0.15) is 5.71 Å². The predicted molar refractivity (Wildman–Crippen MR) is 59.6 cm³/mol. The summed E-state index contributed by atoms with van der Waals surface area (Å²) in [5.74, 6) is 0. The number of alkyl halides is 2. The first-order valence-corrected chi connectivity index (χ1v) is 4.63. The van der Waals surface area contributed by atoms with E-state index in [1.54, 1.807) is 6.08 Å². The average Bonchev–Trinajstić information content (AvgIpc) is 2.21. The van der Waals surface area contributed by atoms with E-state index in [0.29, 0.717) is 0 Å². The molecule has 0 unspecified atom stereocenters. The van der Waals surface area contributed by atoms with Gasteiger partial charge in [0.2, 0.25) is 0 Å². The minimum atomic E-state index is -2.52. The highest BCUT2D eigenvalue weighted by Crippen LogP contribution is 2.06. The summed E-state index contributed by atoms with van der Waals surface area (Å²) in [6.07, 6.45) is 0.459. The second-order valence-corrected chi connectivity index (χ2v) is 3.19. The minimum Gasteiger partial charge on any atom is -0.287 e. The van der Waals surface area contributed by atoms with Crippen LogP contribution in [-0.2, 0) is 0 Å². The molecule has 0 aliphatic carbocycles. The van der Waals surface area contributed by atoms with Crippen molar-refractivity contribution in [3.63, 3.8) is 0 Å². The zero-order valence-electron chi connectivity index (χ0n) is 8.74. The highest BCUT2D eigenvalue weighted by Gasteiger charge is 2.07. The fraction of sp³-hybridized carbons (Fsp3) is 0.250. The van der Waals surface area contributed by atoms with Crippen molar-refractivity contribution in [3.8, 4) is 0 Å². The molecule has 0 heterocycles. The van der Waals surface area contributed by atoms with Crippen molar-refractivity contribution in [2.24, 2.45) is 4.99 Å². The van der Waals surface area contributed by atoms with Crippen LogP contribution in [-0.4, -0.2) is 19.2 Å². The largest absolute Gasteiger partial charge is 0.287 e. The molecule has 0 aliphatic heterocycles. The van der Waals surface area contributed by atoms with E-state index in [0.717, 1.165) is 11.1 Å². The topological polar surface area (TPSA) is 12.4 Å². The summed E-state index contributed by atoms with van der Waals surface area (Å²) in [5, 5.41) is 0. The van der Waals surface area contributed by atoms with E-state index in [1.807, 2.05) is 31.2 Å². The van der Waals surface area contributed by atoms with Gasteiger partial charge < -0.3 is 0 Å². The lowest BCUT2D eigenvalue weighted by molar-refractivity contribution is 0.227. The summed E-state index contributed by atoms with van der Waals surface area (Å²) < 4.78 is 24.6. The van der Waals surface area contributed by atoms with Crippen molar-refractivity contribution >= 4 is 11.8 Å². The number of hydrogen-bond donors (Lipinski definition) is 0. The Labute approximate surface area is 88.2 Å². The van der Waals surface area contributed by atoms with Crippen LogP contribution in [0.15, 0.2) is 35.3 Å². The van der Waals surface area contributed by atoms with Crippen molar-refractivity contribution in [1.82, 2.24) is 0 Å². The van der Waals surface area contributed by atoms with Crippen LogP contribution >= 0.6 is 0 Å². The predicted octanol–water partition coefficient (Wildman–Crippen LogP) is 3.34. The molecule has 0 saturated heterocycles. The first kappa shape index (κ1) is 11.6. The van der Waals surface area contributed by atoms with E-state index in [9.17, 15) is 8.78 Å². The summed E-state index contributed by atoms with van der Waals surface area (Å²) in [6, 6.07) is 7.63. The molecule has 0 saturated carbocycles. The van der Waals surface area contributed by atoms with Crippen molar-refractivity contribution in [3.05, 3.63) is 41.5 Å². The van der Waals surface area contributed by atoms with E-state index in [4.69, 9.17) is 0 Å². The van der Waals surface area contributed by atoms with Crippen LogP contribution in [0.1, 0.15) is 11.1 Å². The third-order valence-corrected chi connectivity index (χ3v) is 2.01. The molecule has 0 radical (unpaired) electrons. The zero-order chi connectivity index (χ0) is 11.3. The van der Waals surface area contributed by atoms with E-state index in [-0.39, 0.29) is 5.71 Å². The quantitative estimate of drug-likeness (QED) is 0.677. The molecule has 1 aromatic rings. The molecule has 80 valence electrons. The normalized spacial score (nSPS) is 12.7. The molecule has 0 amide bonds. The van der Waals surface area contributed by atoms with Gasteiger partial charge in [0.25, 0.3) is 6.43 Å². The van der Waals surface area contributed by atoms with Crippen LogP contribution in [0.2, 0.25) is 0 Å². The Hall–Kier alpha value is -1.51. The molecule has 0 N–H and O–H groups in total. The third kappa shape index (κ3) is 3.62. The molecular weight excluding hydrogens is 196 g/mol. The van der Waals surface area contributed by atoms with Crippen molar-refractivity contribution < 1.29 is 8.78 Å². The molecule has 0 aliphatic rings. The molecule has 0 spiro atoms. The second-order valence-electron chi connectivity index (χ2n) is 3.19. The molecule has 3 heteroatoms. The fourth-order valence-corrected chi connectivity index (χ4v) is 1.10. The van der Waals surface area contributed by atoms with Gasteiger partial charge in [0.15, 0.2) is 0 Å². The zero-order valence-corrected chi connectivity index (χ0v) is 8.74. The van der Waals surface area contributed by atoms with E-state index in [1.165, 1.54) is 13.1 Å². The number of aryl methyl sites for hydroxylation is 1. The van der Waals surface area contributed by atoms with Crippen LogP contribution in [0.25, 0.3) is 6.08 Å². The maximum atomic E-state index is 12.3. The smallest absolute Gasteiger partial charge is 0.279 e. The molecule has 15 heavy (non-hydrogen) atoms. The van der Waals surface area contributed by atoms with Gasteiger partial charge in [-0.3, -0.25) is 4.99 Å². The standard InChI is InChI=1S/C12H13F2N/c1-9-3-5-10(6-4-9)7-8-11(15-2)12(13)14/h3-8,12H,1-2H3/b8-7+,15-11+. The lowest BCUT2D eigenvalue weighted by Gasteiger charge is -1.98. The monoisotopic (exact) mass is 209 g/mol. The summed E-state index contributed by atoms with van der Waals surface area (Å²) in [6.45, 7) is 1.98. The van der Waals surface area contributed by atoms with Crippen LogP contribution < -0.4 is 0 Å². The van der Waals surface area contributed by atoms with Crippen LogP contribution in [0.3, 0.4) is 0 Å². The third-order valence-electron chi connectivity index (χ3n) is 2.01. The van der Waals surface area contributed by atoms with Crippen LogP contribution in [0.5, 0.6) is 0 Å². The van der Waals surface area contributed by atoms with Crippen molar-refractivity contribution in [1.29, 1.82) is 0 Å². The summed E-state index contributed by atoms with van der Waals surface area (Å²) in [7, 11) is 1.36. The highest BCUT2D eigenvalue weighted by atomic mass is 19.3. The Bertz CT molecular complexity index is 364. The van der Waals surface area contributed by atoms with Crippen LogP contribution in [0.4, 0.5) is 8.78 Å². The average molecular weight is 209 g/mol.